The van der Waals surface area contributed by atoms with E-state index in [1.807, 2.05) is 13.8 Å². The molecule has 0 heterocycles. The maximum atomic E-state index is 12.3. The lowest BCUT2D eigenvalue weighted by Crippen LogP contribution is -2.39. The van der Waals surface area contributed by atoms with Crippen molar-refractivity contribution in [2.45, 2.75) is 26.8 Å². The van der Waals surface area contributed by atoms with Crippen LogP contribution in [-0.2, 0) is 19.6 Å². The van der Waals surface area contributed by atoms with Crippen LogP contribution in [0.15, 0.2) is 47.6 Å². The molecular weight excluding hydrogens is 468 g/mol. The first-order chi connectivity index (χ1) is 15.5. The third kappa shape index (κ3) is 8.74. The average molecular weight is 495 g/mol. The number of hydrogen-bond donors (Lipinski definition) is 2. The van der Waals surface area contributed by atoms with Gasteiger partial charge in [-0.3, -0.25) is 13.9 Å². The van der Waals surface area contributed by atoms with Crippen LogP contribution in [0.4, 0.5) is 5.69 Å². The number of sulfonamides is 1. The molecule has 2 rings (SSSR count). The van der Waals surface area contributed by atoms with Crippen LogP contribution in [0.1, 0.15) is 25.0 Å². The number of rotatable bonds is 10. The van der Waals surface area contributed by atoms with Crippen molar-refractivity contribution in [1.82, 2.24) is 10.7 Å². The molecule has 0 radical (unpaired) electrons. The summed E-state index contributed by atoms with van der Waals surface area (Å²) in [5.74, 6) is -0.322. The highest BCUT2D eigenvalue weighted by atomic mass is 35.5. The van der Waals surface area contributed by atoms with Gasteiger partial charge < -0.3 is 10.1 Å². The van der Waals surface area contributed by atoms with E-state index in [-0.39, 0.29) is 18.6 Å². The van der Waals surface area contributed by atoms with Gasteiger partial charge in [-0.2, -0.15) is 5.10 Å². The van der Waals surface area contributed by atoms with Crippen molar-refractivity contribution in [1.29, 1.82) is 0 Å². The Hall–Kier alpha value is -3.11. The fourth-order valence-electron chi connectivity index (χ4n) is 2.74. The molecule has 11 heteroatoms. The smallest absolute Gasteiger partial charge is 0.260 e. The fourth-order valence-corrected chi connectivity index (χ4v) is 3.81. The number of hydrazone groups is 1. The number of hydrogen-bond acceptors (Lipinski definition) is 6. The number of carbonyl (C=O) groups is 2. The molecule has 2 N–H and O–H groups in total. The Balaban J connectivity index is 1.95. The van der Waals surface area contributed by atoms with E-state index in [4.69, 9.17) is 16.3 Å². The third-order valence-corrected chi connectivity index (χ3v) is 5.59. The van der Waals surface area contributed by atoms with E-state index in [1.54, 1.807) is 43.3 Å². The van der Waals surface area contributed by atoms with Crippen molar-refractivity contribution in [3.63, 3.8) is 0 Å². The minimum Gasteiger partial charge on any atom is -0.484 e. The lowest BCUT2D eigenvalue weighted by molar-refractivity contribution is -0.123. The highest BCUT2D eigenvalue weighted by molar-refractivity contribution is 7.92. The quantitative estimate of drug-likeness (QED) is 0.388. The summed E-state index contributed by atoms with van der Waals surface area (Å²) in [6.45, 7) is 4.90. The molecule has 178 valence electrons. The molecule has 33 heavy (non-hydrogen) atoms. The second-order valence-electron chi connectivity index (χ2n) is 7.57. The largest absolute Gasteiger partial charge is 0.484 e. The van der Waals surface area contributed by atoms with Crippen LogP contribution >= 0.6 is 11.6 Å². The maximum absolute atomic E-state index is 12.3. The molecule has 0 aliphatic rings. The Kier molecular flexibility index (Phi) is 9.24. The Morgan fingerprint density at radius 2 is 1.82 bits per heavy atom. The summed E-state index contributed by atoms with van der Waals surface area (Å²) in [6.07, 6.45) is 2.42. The van der Waals surface area contributed by atoms with Crippen molar-refractivity contribution in [2.24, 2.45) is 5.10 Å². The molecule has 0 bridgehead atoms. The predicted octanol–water partition coefficient (Wildman–Crippen LogP) is 2.47. The molecule has 0 aromatic heterocycles. The molecule has 2 aromatic rings. The first-order valence-corrected chi connectivity index (χ1v) is 12.3. The summed E-state index contributed by atoms with van der Waals surface area (Å²) in [7, 11) is -3.73. The standard InChI is InChI=1S/C22H27ClN4O5S/c1-15(2)25-22(29)14-32-19-9-6-17(7-10-19)12-24-26-21(28)13-27(33(4,30)31)20-11-18(23)8-5-16(20)3/h5-12,15H,13-14H2,1-4H3,(H,25,29)(H,26,28)/b24-12-. The highest BCUT2D eigenvalue weighted by Crippen LogP contribution is 2.26. The summed E-state index contributed by atoms with van der Waals surface area (Å²) < 4.78 is 30.8. The monoisotopic (exact) mass is 494 g/mol. The highest BCUT2D eigenvalue weighted by Gasteiger charge is 2.22. The molecule has 0 aliphatic heterocycles. The predicted molar refractivity (Wildman–Crippen MR) is 129 cm³/mol. The summed E-state index contributed by atoms with van der Waals surface area (Å²) >= 11 is 5.99. The second-order valence-corrected chi connectivity index (χ2v) is 9.92. The molecule has 0 spiro atoms. The lowest BCUT2D eigenvalue weighted by Gasteiger charge is -2.23. The third-order valence-electron chi connectivity index (χ3n) is 4.23. The molecule has 0 saturated carbocycles. The van der Waals surface area contributed by atoms with Crippen molar-refractivity contribution in [3.05, 3.63) is 58.6 Å². The van der Waals surface area contributed by atoms with Gasteiger partial charge in [0, 0.05) is 11.1 Å². The van der Waals surface area contributed by atoms with Crippen molar-refractivity contribution < 1.29 is 22.7 Å². The van der Waals surface area contributed by atoms with E-state index < -0.39 is 22.5 Å². The van der Waals surface area contributed by atoms with Gasteiger partial charge in [-0.05, 0) is 68.3 Å². The Bertz CT molecular complexity index is 1120. The number of amides is 2. The summed E-state index contributed by atoms with van der Waals surface area (Å²) in [6, 6.07) is 11.6. The van der Waals surface area contributed by atoms with Gasteiger partial charge in [-0.1, -0.05) is 17.7 Å². The zero-order valence-corrected chi connectivity index (χ0v) is 20.4. The van der Waals surface area contributed by atoms with E-state index in [0.29, 0.717) is 27.6 Å². The van der Waals surface area contributed by atoms with E-state index >= 15 is 0 Å². The Morgan fingerprint density at radius 3 is 2.42 bits per heavy atom. The summed E-state index contributed by atoms with van der Waals surface area (Å²) in [4.78, 5) is 23.9. The van der Waals surface area contributed by atoms with Crippen molar-refractivity contribution >= 4 is 45.3 Å². The van der Waals surface area contributed by atoms with Crippen LogP contribution < -0.4 is 19.8 Å². The minimum absolute atomic E-state index is 0.0360. The van der Waals surface area contributed by atoms with Crippen LogP contribution in [0.5, 0.6) is 5.75 Å². The van der Waals surface area contributed by atoms with Gasteiger partial charge >= 0.3 is 0 Å². The number of benzene rings is 2. The lowest BCUT2D eigenvalue weighted by atomic mass is 10.2. The van der Waals surface area contributed by atoms with Gasteiger partial charge in [-0.25, -0.2) is 13.8 Å². The molecule has 0 aliphatic carbocycles. The molecule has 2 aromatic carbocycles. The normalized spacial score (nSPS) is 11.5. The van der Waals surface area contributed by atoms with Crippen molar-refractivity contribution in [3.8, 4) is 5.75 Å². The van der Waals surface area contributed by atoms with Crippen LogP contribution in [0.25, 0.3) is 0 Å². The van der Waals surface area contributed by atoms with Gasteiger partial charge in [-0.15, -0.1) is 0 Å². The molecule has 2 amide bonds. The topological polar surface area (TPSA) is 117 Å². The van der Waals surface area contributed by atoms with E-state index in [1.165, 1.54) is 12.3 Å². The number of nitrogens with zero attached hydrogens (tertiary/aromatic N) is 2. The molecule has 0 atom stereocenters. The van der Waals surface area contributed by atoms with Gasteiger partial charge in [0.2, 0.25) is 10.0 Å². The summed E-state index contributed by atoms with van der Waals surface area (Å²) in [5, 5.41) is 6.96. The molecule has 0 fully saturated rings. The second kappa shape index (κ2) is 11.7. The Labute approximate surface area is 198 Å². The van der Waals surface area contributed by atoms with Gasteiger partial charge in [0.1, 0.15) is 12.3 Å². The molecule has 9 nitrogen and oxygen atoms in total. The van der Waals surface area contributed by atoms with E-state index in [0.717, 1.165) is 10.6 Å². The maximum Gasteiger partial charge on any atom is 0.260 e. The zero-order valence-electron chi connectivity index (χ0n) is 18.8. The van der Waals surface area contributed by atoms with Gasteiger partial charge in [0.15, 0.2) is 6.61 Å². The number of carbonyl (C=O) groups excluding carboxylic acids is 2. The number of nitrogens with one attached hydrogen (secondary N) is 2. The van der Waals surface area contributed by atoms with E-state index in [2.05, 4.69) is 15.8 Å². The Morgan fingerprint density at radius 1 is 1.15 bits per heavy atom. The van der Waals surface area contributed by atoms with Crippen LogP contribution in [0.3, 0.4) is 0 Å². The van der Waals surface area contributed by atoms with Crippen LogP contribution in [-0.4, -0.2) is 51.9 Å². The number of aryl methyl sites for hydroxylation is 1. The summed E-state index contributed by atoms with van der Waals surface area (Å²) in [5.41, 5.74) is 3.96. The van der Waals surface area contributed by atoms with Gasteiger partial charge in [0.25, 0.3) is 11.8 Å². The number of halogens is 1. The van der Waals surface area contributed by atoms with Crippen LogP contribution in [0, 0.1) is 6.92 Å². The zero-order chi connectivity index (χ0) is 24.6. The SMILES string of the molecule is Cc1ccc(Cl)cc1N(CC(=O)N/N=C\c1ccc(OCC(=O)NC(C)C)cc1)S(C)(=O)=O. The van der Waals surface area contributed by atoms with Crippen LogP contribution in [0.2, 0.25) is 5.02 Å². The molecular formula is C22H27ClN4O5S. The number of anilines is 1. The number of ether oxygens (including phenoxy) is 1. The van der Waals surface area contributed by atoms with E-state index in [9.17, 15) is 18.0 Å². The van der Waals surface area contributed by atoms with Gasteiger partial charge in [0.05, 0.1) is 18.2 Å². The minimum atomic E-state index is -3.73. The van der Waals surface area contributed by atoms with Crippen molar-refractivity contribution in [2.75, 3.05) is 23.7 Å². The first-order valence-electron chi connectivity index (χ1n) is 10.0. The molecule has 0 unspecified atom stereocenters. The first kappa shape index (κ1) is 26.1. The average Bonchev–Trinajstić information content (AvgIpc) is 2.72. The molecule has 0 saturated heterocycles. The fraction of sp³-hybridized carbons (Fsp3) is 0.318.